The van der Waals surface area contributed by atoms with Crippen LogP contribution in [0.3, 0.4) is 0 Å². The van der Waals surface area contributed by atoms with E-state index >= 15 is 0 Å². The number of hydrogen-bond acceptors (Lipinski definition) is 6. The average molecular weight is 680 g/mol. The number of hydrogen-bond donors (Lipinski definition) is 2. The van der Waals surface area contributed by atoms with Crippen molar-refractivity contribution in [3.63, 3.8) is 0 Å². The van der Waals surface area contributed by atoms with E-state index in [1.54, 1.807) is 18.8 Å². The number of amides is 4. The molecule has 2 saturated heterocycles. The van der Waals surface area contributed by atoms with Gasteiger partial charge in [0.2, 0.25) is 23.6 Å². The Labute approximate surface area is 291 Å². The third kappa shape index (κ3) is 5.68. The van der Waals surface area contributed by atoms with Crippen molar-refractivity contribution in [3.8, 4) is 11.3 Å². The van der Waals surface area contributed by atoms with E-state index in [-0.39, 0.29) is 42.4 Å². The first-order valence-electron chi connectivity index (χ1n) is 18.2. The summed E-state index contributed by atoms with van der Waals surface area (Å²) in [4.78, 5) is 68.9. The van der Waals surface area contributed by atoms with E-state index in [0.29, 0.717) is 52.1 Å². The average Bonchev–Trinajstić information content (AvgIpc) is 3.47. The van der Waals surface area contributed by atoms with Crippen LogP contribution in [0.5, 0.6) is 0 Å². The third-order valence-electron chi connectivity index (χ3n) is 11.5. The van der Waals surface area contributed by atoms with Crippen LogP contribution in [-0.2, 0) is 37.7 Å². The van der Waals surface area contributed by atoms with Crippen molar-refractivity contribution in [2.45, 2.75) is 64.0 Å². The number of fused-ring (bicyclic) bond motifs is 5. The van der Waals surface area contributed by atoms with Crippen LogP contribution in [-0.4, -0.2) is 92.1 Å². The van der Waals surface area contributed by atoms with Crippen LogP contribution in [0.15, 0.2) is 59.7 Å². The lowest BCUT2D eigenvalue weighted by Crippen LogP contribution is -2.66. The first-order valence-corrected chi connectivity index (χ1v) is 18.2. The molecule has 6 heterocycles. The van der Waals surface area contributed by atoms with Gasteiger partial charge >= 0.3 is 0 Å². The van der Waals surface area contributed by atoms with Crippen molar-refractivity contribution in [3.05, 3.63) is 66.6 Å². The predicted molar refractivity (Wildman–Crippen MR) is 185 cm³/mol. The molecule has 3 aromatic heterocycles. The highest BCUT2D eigenvalue weighted by Crippen LogP contribution is 2.52. The Morgan fingerprint density at radius 2 is 1.86 bits per heavy atom. The van der Waals surface area contributed by atoms with Crippen LogP contribution in [0.1, 0.15) is 56.7 Å². The van der Waals surface area contributed by atoms with Crippen molar-refractivity contribution in [2.24, 2.45) is 17.8 Å². The number of nitrogens with zero attached hydrogens (tertiary/aromatic N) is 5. The van der Waals surface area contributed by atoms with E-state index in [1.807, 2.05) is 37.6 Å². The van der Waals surface area contributed by atoms with Gasteiger partial charge < -0.3 is 34.0 Å². The van der Waals surface area contributed by atoms with Crippen molar-refractivity contribution in [1.29, 1.82) is 0 Å². The van der Waals surface area contributed by atoms with Gasteiger partial charge in [-0.3, -0.25) is 19.2 Å². The second kappa shape index (κ2) is 13.1. The van der Waals surface area contributed by atoms with Gasteiger partial charge in [-0.05, 0) is 62.3 Å². The molecule has 4 amide bonds. The van der Waals surface area contributed by atoms with Gasteiger partial charge in [0.25, 0.3) is 0 Å². The van der Waals surface area contributed by atoms with Crippen LogP contribution in [0.4, 0.5) is 0 Å². The lowest BCUT2D eigenvalue weighted by Gasteiger charge is -2.56. The van der Waals surface area contributed by atoms with Gasteiger partial charge in [0.05, 0.1) is 24.0 Å². The molecule has 1 saturated carbocycles. The number of piperazine rings is 1. The van der Waals surface area contributed by atoms with E-state index in [2.05, 4.69) is 40.4 Å². The SMILES string of the molecule is CC[C@]12c3[nH]c4cc(-c5ccco5)ccc4c3CCN1C(=O)[C@@H](CC(=O)NCCCn1ccnc1)C[C@@H]2C(=O)N1CCN(C(=O)C2CC2)CC1. The number of aryl methyl sites for hydroxylation is 1. The maximum Gasteiger partial charge on any atom is 0.228 e. The number of aromatic nitrogens is 3. The molecule has 4 aliphatic rings. The number of furan rings is 1. The highest BCUT2D eigenvalue weighted by molar-refractivity contribution is 5.94. The van der Waals surface area contributed by atoms with Gasteiger partial charge in [0.1, 0.15) is 5.76 Å². The van der Waals surface area contributed by atoms with Gasteiger partial charge in [0, 0.05) is 98.6 Å². The van der Waals surface area contributed by atoms with Crippen molar-refractivity contribution < 1.29 is 23.6 Å². The lowest BCUT2D eigenvalue weighted by molar-refractivity contribution is -0.167. The zero-order chi connectivity index (χ0) is 34.4. The number of piperidine rings is 1. The summed E-state index contributed by atoms with van der Waals surface area (Å²) in [6.07, 6.45) is 11.2. The third-order valence-corrected chi connectivity index (χ3v) is 11.5. The fourth-order valence-electron chi connectivity index (χ4n) is 8.76. The first kappa shape index (κ1) is 32.3. The molecular formula is C38H45N7O5. The number of carbonyl (C=O) groups is 4. The molecule has 1 aliphatic carbocycles. The van der Waals surface area contributed by atoms with E-state index in [9.17, 15) is 19.2 Å². The summed E-state index contributed by atoms with van der Waals surface area (Å²) in [6.45, 7) is 5.75. The molecule has 3 atom stereocenters. The number of carbonyl (C=O) groups excluding carboxylic acids is 4. The van der Waals surface area contributed by atoms with Gasteiger partial charge in [-0.15, -0.1) is 0 Å². The standard InChI is InChI=1S/C38H45N7O5/c1-2-38-30(37(49)44-18-16-43(17-19-44)35(47)25-6-7-25)21-27(23-33(46)40-11-4-13-42-15-12-39-24-42)36(48)45(38)14-10-29-28-9-8-26(32-5-3-20-50-32)22-31(28)41-34(29)38/h3,5,8-9,12,15,20,22,24-25,27,30,41H,2,4,6-7,10-11,13-14,16-19,21,23H2,1H3,(H,40,46)/t27-,30-,38+/m1/s1. The highest BCUT2D eigenvalue weighted by Gasteiger charge is 2.59. The van der Waals surface area contributed by atoms with Gasteiger partial charge in [-0.25, -0.2) is 4.98 Å². The van der Waals surface area contributed by atoms with E-state index in [0.717, 1.165) is 59.3 Å². The number of benzene rings is 1. The summed E-state index contributed by atoms with van der Waals surface area (Å²) in [5.41, 5.74) is 3.08. The highest BCUT2D eigenvalue weighted by atomic mass is 16.3. The Bertz CT molecular complexity index is 1890. The second-order valence-corrected chi connectivity index (χ2v) is 14.4. The van der Waals surface area contributed by atoms with Crippen LogP contribution in [0, 0.1) is 17.8 Å². The molecule has 3 aliphatic heterocycles. The molecule has 8 rings (SSSR count). The number of imidazole rings is 1. The molecule has 0 radical (unpaired) electrons. The number of nitrogens with one attached hydrogen (secondary N) is 2. The molecule has 4 aromatic rings. The minimum atomic E-state index is -0.885. The summed E-state index contributed by atoms with van der Waals surface area (Å²) in [5, 5.41) is 4.09. The molecule has 50 heavy (non-hydrogen) atoms. The Morgan fingerprint density at radius 3 is 2.56 bits per heavy atom. The minimum Gasteiger partial charge on any atom is -0.464 e. The fraction of sp³-hybridized carbons (Fsp3) is 0.500. The smallest absolute Gasteiger partial charge is 0.228 e. The molecule has 12 nitrogen and oxygen atoms in total. The quantitative estimate of drug-likeness (QED) is 0.244. The van der Waals surface area contributed by atoms with Crippen molar-refractivity contribution in [2.75, 3.05) is 39.3 Å². The topological polar surface area (TPSA) is 137 Å². The molecule has 0 unspecified atom stereocenters. The van der Waals surface area contributed by atoms with Crippen LogP contribution >= 0.6 is 0 Å². The summed E-state index contributed by atoms with van der Waals surface area (Å²) in [7, 11) is 0. The van der Waals surface area contributed by atoms with Crippen LogP contribution in [0.25, 0.3) is 22.2 Å². The molecule has 2 N–H and O–H groups in total. The predicted octanol–water partition coefficient (Wildman–Crippen LogP) is 3.93. The van der Waals surface area contributed by atoms with Gasteiger partial charge in [-0.2, -0.15) is 0 Å². The number of rotatable bonds is 10. The summed E-state index contributed by atoms with van der Waals surface area (Å²) < 4.78 is 7.64. The molecule has 262 valence electrons. The maximum absolute atomic E-state index is 14.8. The summed E-state index contributed by atoms with van der Waals surface area (Å²) in [6, 6.07) is 10.0. The second-order valence-electron chi connectivity index (χ2n) is 14.4. The Morgan fingerprint density at radius 1 is 1.06 bits per heavy atom. The zero-order valence-corrected chi connectivity index (χ0v) is 28.6. The molecule has 0 bridgehead atoms. The first-order chi connectivity index (χ1) is 24.4. The van der Waals surface area contributed by atoms with Gasteiger partial charge in [0.15, 0.2) is 0 Å². The largest absolute Gasteiger partial charge is 0.464 e. The molecule has 12 heteroatoms. The summed E-state index contributed by atoms with van der Waals surface area (Å²) >= 11 is 0. The molecule has 1 aromatic carbocycles. The van der Waals surface area contributed by atoms with E-state index in [1.165, 1.54) is 0 Å². The van der Waals surface area contributed by atoms with Gasteiger partial charge in [-0.1, -0.05) is 19.1 Å². The normalized spacial score (nSPS) is 23.5. The number of aromatic amines is 1. The maximum atomic E-state index is 14.8. The Balaban J connectivity index is 1.09. The monoisotopic (exact) mass is 679 g/mol. The zero-order valence-electron chi connectivity index (χ0n) is 28.6. The van der Waals surface area contributed by atoms with Crippen molar-refractivity contribution >= 4 is 34.5 Å². The van der Waals surface area contributed by atoms with Crippen LogP contribution in [0.2, 0.25) is 0 Å². The summed E-state index contributed by atoms with van der Waals surface area (Å²) in [5.74, 6) is -0.275. The van der Waals surface area contributed by atoms with E-state index in [4.69, 9.17) is 4.42 Å². The van der Waals surface area contributed by atoms with Crippen molar-refractivity contribution in [1.82, 2.24) is 34.6 Å². The lowest BCUT2D eigenvalue weighted by atomic mass is 9.65. The van der Waals surface area contributed by atoms with E-state index < -0.39 is 17.4 Å². The number of H-pyrrole nitrogens is 1. The Hall–Kier alpha value is -4.87. The Kier molecular flexibility index (Phi) is 8.48. The fourth-order valence-corrected chi connectivity index (χ4v) is 8.76. The van der Waals surface area contributed by atoms with Crippen LogP contribution < -0.4 is 5.32 Å². The molecular weight excluding hydrogens is 634 g/mol. The minimum absolute atomic E-state index is 0.00334. The molecule has 3 fully saturated rings. The molecule has 0 spiro atoms.